The number of amides is 1. The van der Waals surface area contributed by atoms with E-state index < -0.39 is 11.9 Å². The predicted molar refractivity (Wildman–Crippen MR) is 121 cm³/mol. The first-order valence-electron chi connectivity index (χ1n) is 10.2. The maximum Gasteiger partial charge on any atom is 0.234 e. The van der Waals surface area contributed by atoms with Gasteiger partial charge in [0.1, 0.15) is 0 Å². The summed E-state index contributed by atoms with van der Waals surface area (Å²) in [7, 11) is 0. The van der Waals surface area contributed by atoms with E-state index in [1.807, 2.05) is 42.7 Å². The average molecular weight is 443 g/mol. The van der Waals surface area contributed by atoms with E-state index in [0.29, 0.717) is 23.4 Å². The van der Waals surface area contributed by atoms with Gasteiger partial charge in [-0.15, -0.1) is 10.2 Å². The molecule has 3 aromatic rings. The Hall–Kier alpha value is -2.87. The number of thioether (sulfide) groups is 1. The van der Waals surface area contributed by atoms with Gasteiger partial charge in [0.2, 0.25) is 5.91 Å². The highest BCUT2D eigenvalue weighted by molar-refractivity contribution is 7.99. The summed E-state index contributed by atoms with van der Waals surface area (Å²) in [5, 5.41) is 12.1. The number of para-hydroxylation sites is 2. The lowest BCUT2D eigenvalue weighted by molar-refractivity contribution is -0.113. The summed E-state index contributed by atoms with van der Waals surface area (Å²) >= 11 is 1.32. The summed E-state index contributed by atoms with van der Waals surface area (Å²) in [6, 6.07) is 13.9. The molecule has 1 amide bonds. The molecule has 0 aliphatic carbocycles. The van der Waals surface area contributed by atoms with Crippen molar-refractivity contribution in [1.82, 2.24) is 14.8 Å². The number of carbonyl (C=O) groups is 1. The summed E-state index contributed by atoms with van der Waals surface area (Å²) in [4.78, 5) is 12.4. The lowest BCUT2D eigenvalue weighted by Crippen LogP contribution is -2.17. The van der Waals surface area contributed by atoms with Crippen LogP contribution in [0, 0.1) is 18.7 Å². The maximum absolute atomic E-state index is 14.0. The highest BCUT2D eigenvalue weighted by Gasteiger charge is 2.22. The number of nitrogens with zero attached hydrogens (tertiary/aromatic N) is 3. The number of hydrogen-bond donors (Lipinski definition) is 1. The predicted octanol–water partition coefficient (Wildman–Crippen LogP) is 5.25. The Morgan fingerprint density at radius 2 is 1.84 bits per heavy atom. The standard InChI is InChI=1S/C23H27FN4O2S/c1-15(2)13-28-22(17(4)30-20-12-8-6-10-18(20)24)26-27-23(28)31-14-21(29)25-19-11-7-5-9-16(19)3/h5-12,15,17H,13-14H2,1-4H3,(H,25,29). The van der Waals surface area contributed by atoms with Gasteiger partial charge in [0, 0.05) is 12.2 Å². The normalized spacial score (nSPS) is 12.1. The molecule has 1 atom stereocenters. The molecule has 0 saturated carbocycles. The van der Waals surface area contributed by atoms with Crippen LogP contribution in [0.2, 0.25) is 0 Å². The van der Waals surface area contributed by atoms with E-state index in [-0.39, 0.29) is 17.4 Å². The van der Waals surface area contributed by atoms with Crippen molar-refractivity contribution in [2.75, 3.05) is 11.1 Å². The Kier molecular flexibility index (Phi) is 7.68. The fourth-order valence-corrected chi connectivity index (χ4v) is 3.81. The molecule has 3 rings (SSSR count). The van der Waals surface area contributed by atoms with Gasteiger partial charge >= 0.3 is 0 Å². The summed E-state index contributed by atoms with van der Waals surface area (Å²) in [5.74, 6) is 0.755. The van der Waals surface area contributed by atoms with Crippen molar-refractivity contribution in [2.45, 2.75) is 45.5 Å². The third-order valence-corrected chi connectivity index (χ3v) is 5.52. The first kappa shape index (κ1) is 22.8. The largest absolute Gasteiger partial charge is 0.480 e. The fraction of sp³-hybridized carbons (Fsp3) is 0.348. The Bertz CT molecular complexity index is 1040. The number of anilines is 1. The molecule has 0 bridgehead atoms. The second-order valence-corrected chi connectivity index (χ2v) is 8.63. The van der Waals surface area contributed by atoms with E-state index in [1.54, 1.807) is 18.2 Å². The number of ether oxygens (including phenoxy) is 1. The molecule has 8 heteroatoms. The highest BCUT2D eigenvalue weighted by atomic mass is 32.2. The Balaban J connectivity index is 1.72. The van der Waals surface area contributed by atoms with Crippen LogP contribution in [-0.2, 0) is 11.3 Å². The highest BCUT2D eigenvalue weighted by Crippen LogP contribution is 2.27. The van der Waals surface area contributed by atoms with Gasteiger partial charge in [-0.1, -0.05) is 55.9 Å². The van der Waals surface area contributed by atoms with Crippen molar-refractivity contribution in [2.24, 2.45) is 5.92 Å². The molecule has 0 radical (unpaired) electrons. The number of aromatic nitrogens is 3. The molecular formula is C23H27FN4O2S. The molecule has 6 nitrogen and oxygen atoms in total. The zero-order chi connectivity index (χ0) is 22.4. The van der Waals surface area contributed by atoms with Crippen molar-refractivity contribution >= 4 is 23.4 Å². The number of rotatable bonds is 9. The van der Waals surface area contributed by atoms with Crippen LogP contribution in [0.25, 0.3) is 0 Å². The van der Waals surface area contributed by atoms with Gasteiger partial charge in [0.15, 0.2) is 28.7 Å². The second-order valence-electron chi connectivity index (χ2n) is 7.69. The molecule has 0 aliphatic rings. The van der Waals surface area contributed by atoms with E-state index in [9.17, 15) is 9.18 Å². The first-order chi connectivity index (χ1) is 14.8. The Labute approximate surface area is 186 Å². The smallest absolute Gasteiger partial charge is 0.234 e. The Morgan fingerprint density at radius 1 is 1.13 bits per heavy atom. The molecule has 0 saturated heterocycles. The summed E-state index contributed by atoms with van der Waals surface area (Å²) in [6.45, 7) is 8.60. The van der Waals surface area contributed by atoms with Gasteiger partial charge in [-0.25, -0.2) is 4.39 Å². The summed E-state index contributed by atoms with van der Waals surface area (Å²) < 4.78 is 21.7. The number of aryl methyl sites for hydroxylation is 1. The van der Waals surface area contributed by atoms with Gasteiger partial charge in [0.25, 0.3) is 0 Å². The maximum atomic E-state index is 14.0. The summed E-state index contributed by atoms with van der Waals surface area (Å²) in [6.07, 6.45) is -0.502. The van der Waals surface area contributed by atoms with Crippen LogP contribution >= 0.6 is 11.8 Å². The molecular weight excluding hydrogens is 415 g/mol. The van der Waals surface area contributed by atoms with Crippen LogP contribution in [0.3, 0.4) is 0 Å². The van der Waals surface area contributed by atoms with Gasteiger partial charge < -0.3 is 14.6 Å². The minimum Gasteiger partial charge on any atom is -0.480 e. The van der Waals surface area contributed by atoms with Gasteiger partial charge in [-0.05, 0) is 43.5 Å². The molecule has 31 heavy (non-hydrogen) atoms. The molecule has 0 spiro atoms. The molecule has 0 fully saturated rings. The van der Waals surface area contributed by atoms with Crippen LogP contribution in [-0.4, -0.2) is 26.4 Å². The van der Waals surface area contributed by atoms with Crippen LogP contribution in [0.1, 0.15) is 38.3 Å². The van der Waals surface area contributed by atoms with Crippen molar-refractivity contribution in [3.63, 3.8) is 0 Å². The topological polar surface area (TPSA) is 69.0 Å². The van der Waals surface area contributed by atoms with E-state index in [1.165, 1.54) is 17.8 Å². The monoisotopic (exact) mass is 442 g/mol. The van der Waals surface area contributed by atoms with E-state index in [4.69, 9.17) is 4.74 Å². The molecule has 1 heterocycles. The molecule has 1 unspecified atom stereocenters. The number of nitrogens with one attached hydrogen (secondary N) is 1. The zero-order valence-electron chi connectivity index (χ0n) is 18.1. The van der Waals surface area contributed by atoms with E-state index in [0.717, 1.165) is 11.3 Å². The summed E-state index contributed by atoms with van der Waals surface area (Å²) in [5.41, 5.74) is 1.80. The van der Waals surface area contributed by atoms with Crippen LogP contribution in [0.5, 0.6) is 5.75 Å². The Morgan fingerprint density at radius 3 is 2.55 bits per heavy atom. The third-order valence-electron chi connectivity index (χ3n) is 4.55. The SMILES string of the molecule is Cc1ccccc1NC(=O)CSc1nnc(C(C)Oc2ccccc2F)n1CC(C)C. The number of halogens is 1. The third kappa shape index (κ3) is 6.07. The first-order valence-corrected chi connectivity index (χ1v) is 11.2. The molecule has 164 valence electrons. The lowest BCUT2D eigenvalue weighted by atomic mass is 10.2. The van der Waals surface area contributed by atoms with Crippen LogP contribution in [0.15, 0.2) is 53.7 Å². The van der Waals surface area contributed by atoms with Crippen LogP contribution in [0.4, 0.5) is 10.1 Å². The molecule has 1 aromatic heterocycles. The molecule has 2 aromatic carbocycles. The number of hydrogen-bond acceptors (Lipinski definition) is 5. The van der Waals surface area contributed by atoms with Gasteiger partial charge in [0.05, 0.1) is 5.75 Å². The average Bonchev–Trinajstić information content (AvgIpc) is 3.12. The molecule has 1 N–H and O–H groups in total. The van der Waals surface area contributed by atoms with Crippen molar-refractivity contribution < 1.29 is 13.9 Å². The van der Waals surface area contributed by atoms with Gasteiger partial charge in [-0.2, -0.15) is 0 Å². The van der Waals surface area contributed by atoms with Crippen molar-refractivity contribution in [3.8, 4) is 5.75 Å². The zero-order valence-corrected chi connectivity index (χ0v) is 18.9. The molecule has 0 aliphatic heterocycles. The van der Waals surface area contributed by atoms with Crippen molar-refractivity contribution in [3.05, 3.63) is 65.7 Å². The minimum absolute atomic E-state index is 0.115. The quantitative estimate of drug-likeness (QED) is 0.458. The lowest BCUT2D eigenvalue weighted by Gasteiger charge is -2.18. The second kappa shape index (κ2) is 10.4. The number of carbonyl (C=O) groups excluding carboxylic acids is 1. The van der Waals surface area contributed by atoms with Gasteiger partial charge in [-0.3, -0.25) is 4.79 Å². The number of benzene rings is 2. The fourth-order valence-electron chi connectivity index (χ4n) is 3.06. The van der Waals surface area contributed by atoms with E-state index in [2.05, 4.69) is 29.4 Å². The van der Waals surface area contributed by atoms with Crippen molar-refractivity contribution in [1.29, 1.82) is 0 Å². The van der Waals surface area contributed by atoms with Crippen LogP contribution < -0.4 is 10.1 Å². The van der Waals surface area contributed by atoms with E-state index >= 15 is 0 Å². The minimum atomic E-state index is -0.502.